The molecular weight excluding hydrogens is 340 g/mol. The van der Waals surface area contributed by atoms with Gasteiger partial charge in [-0.3, -0.25) is 9.89 Å². The maximum Gasteiger partial charge on any atom is 0.255 e. The van der Waals surface area contributed by atoms with Crippen LogP contribution in [0.1, 0.15) is 10.4 Å². The number of rotatable bonds is 3. The van der Waals surface area contributed by atoms with Gasteiger partial charge >= 0.3 is 0 Å². The van der Waals surface area contributed by atoms with Crippen LogP contribution in [0.25, 0.3) is 33.1 Å². The summed E-state index contributed by atoms with van der Waals surface area (Å²) in [6.07, 6.45) is 1.72. The molecule has 5 rings (SSSR count). The quantitative estimate of drug-likeness (QED) is 0.495. The number of carbonyl (C=O) groups is 1. The molecule has 0 aliphatic carbocycles. The fraction of sp³-hybridized carbons (Fsp3) is 0. The summed E-state index contributed by atoms with van der Waals surface area (Å²) in [7, 11) is 0. The summed E-state index contributed by atoms with van der Waals surface area (Å²) in [5.41, 5.74) is 3.63. The molecule has 0 radical (unpaired) electrons. The largest absolute Gasteiger partial charge is 0.355 e. The first-order valence-electron chi connectivity index (χ1n) is 8.48. The lowest BCUT2D eigenvalue weighted by molar-refractivity contribution is 0.102. The molecule has 6 heteroatoms. The molecule has 0 spiro atoms. The number of aromatic nitrogens is 3. The lowest BCUT2D eigenvalue weighted by atomic mass is 10.1. The summed E-state index contributed by atoms with van der Waals surface area (Å²) >= 11 is 0. The maximum absolute atomic E-state index is 12.8. The van der Waals surface area contributed by atoms with Gasteiger partial charge in [0.15, 0.2) is 5.76 Å². The van der Waals surface area contributed by atoms with Crippen LogP contribution >= 0.6 is 0 Å². The van der Waals surface area contributed by atoms with E-state index in [-0.39, 0.29) is 5.91 Å². The second-order valence-electron chi connectivity index (χ2n) is 6.20. The normalized spacial score (nSPS) is 11.1. The van der Waals surface area contributed by atoms with Crippen LogP contribution in [0.3, 0.4) is 0 Å². The van der Waals surface area contributed by atoms with E-state index < -0.39 is 0 Å². The van der Waals surface area contributed by atoms with Gasteiger partial charge in [-0.25, -0.2) is 0 Å². The number of carbonyl (C=O) groups excluding carboxylic acids is 1. The minimum Gasteiger partial charge on any atom is -0.355 e. The zero-order chi connectivity index (χ0) is 18.2. The van der Waals surface area contributed by atoms with Crippen LogP contribution in [0, 0.1) is 0 Å². The molecule has 2 N–H and O–H groups in total. The number of hydrogen-bond acceptors (Lipinski definition) is 4. The molecule has 1 amide bonds. The highest BCUT2D eigenvalue weighted by molar-refractivity contribution is 6.10. The lowest BCUT2D eigenvalue weighted by Gasteiger charge is -2.06. The number of nitrogens with one attached hydrogen (secondary N) is 2. The number of H-pyrrole nitrogens is 1. The maximum atomic E-state index is 12.8. The molecule has 0 bridgehead atoms. The van der Waals surface area contributed by atoms with E-state index in [0.717, 1.165) is 21.9 Å². The topological polar surface area (TPSA) is 83.8 Å². The van der Waals surface area contributed by atoms with E-state index in [4.69, 9.17) is 4.52 Å². The van der Waals surface area contributed by atoms with Gasteiger partial charge in [0.05, 0.1) is 22.8 Å². The first-order chi connectivity index (χ1) is 13.3. The highest BCUT2D eigenvalue weighted by atomic mass is 16.5. The Hall–Kier alpha value is -3.93. The Labute approximate surface area is 153 Å². The second-order valence-corrected chi connectivity index (χ2v) is 6.20. The average Bonchev–Trinajstić information content (AvgIpc) is 3.35. The molecule has 0 saturated carbocycles. The lowest BCUT2D eigenvalue weighted by Crippen LogP contribution is -2.12. The first kappa shape index (κ1) is 15.3. The van der Waals surface area contributed by atoms with E-state index in [1.807, 2.05) is 48.5 Å². The molecule has 0 aliphatic heterocycles. The molecule has 0 saturated heterocycles. The van der Waals surface area contributed by atoms with Crippen molar-refractivity contribution in [3.05, 3.63) is 78.5 Å². The fourth-order valence-corrected chi connectivity index (χ4v) is 3.15. The number of amides is 1. The van der Waals surface area contributed by atoms with Gasteiger partial charge in [0.2, 0.25) is 0 Å². The van der Waals surface area contributed by atoms with Gasteiger partial charge in [0, 0.05) is 16.5 Å². The van der Waals surface area contributed by atoms with Crippen LogP contribution in [-0.4, -0.2) is 21.3 Å². The Bertz CT molecular complexity index is 1270. The molecule has 6 nitrogen and oxygen atoms in total. The van der Waals surface area contributed by atoms with Gasteiger partial charge in [-0.2, -0.15) is 5.10 Å². The summed E-state index contributed by atoms with van der Waals surface area (Å²) in [5, 5.41) is 15.7. The molecule has 2 aromatic heterocycles. The smallest absolute Gasteiger partial charge is 0.255 e. The summed E-state index contributed by atoms with van der Waals surface area (Å²) in [4.78, 5) is 12.8. The Morgan fingerprint density at radius 2 is 1.89 bits per heavy atom. The van der Waals surface area contributed by atoms with Crippen molar-refractivity contribution in [1.29, 1.82) is 0 Å². The Balaban J connectivity index is 1.53. The highest BCUT2D eigenvalue weighted by Gasteiger charge is 2.15. The van der Waals surface area contributed by atoms with E-state index >= 15 is 0 Å². The summed E-state index contributed by atoms with van der Waals surface area (Å²) in [6, 6.07) is 20.7. The monoisotopic (exact) mass is 354 g/mol. The van der Waals surface area contributed by atoms with Crippen molar-refractivity contribution >= 4 is 33.4 Å². The number of hydrogen-bond donors (Lipinski definition) is 2. The molecule has 0 unspecified atom stereocenters. The predicted molar refractivity (Wildman–Crippen MR) is 103 cm³/mol. The Morgan fingerprint density at radius 1 is 1.00 bits per heavy atom. The molecular formula is C21H14N4O2. The zero-order valence-corrected chi connectivity index (χ0v) is 14.1. The number of benzene rings is 3. The molecule has 130 valence electrons. The van der Waals surface area contributed by atoms with Crippen LogP contribution in [0.5, 0.6) is 0 Å². The van der Waals surface area contributed by atoms with Crippen molar-refractivity contribution < 1.29 is 9.32 Å². The fourth-order valence-electron chi connectivity index (χ4n) is 3.15. The van der Waals surface area contributed by atoms with E-state index in [9.17, 15) is 4.79 Å². The second kappa shape index (κ2) is 6.10. The van der Waals surface area contributed by atoms with Gasteiger partial charge in [-0.05, 0) is 24.3 Å². The van der Waals surface area contributed by atoms with Crippen molar-refractivity contribution in [2.24, 2.45) is 0 Å². The van der Waals surface area contributed by atoms with E-state index in [0.29, 0.717) is 22.5 Å². The molecule has 2 heterocycles. The molecule has 3 aromatic carbocycles. The molecule has 5 aromatic rings. The van der Waals surface area contributed by atoms with Crippen molar-refractivity contribution in [2.45, 2.75) is 0 Å². The highest BCUT2D eigenvalue weighted by Crippen LogP contribution is 2.29. The molecule has 0 atom stereocenters. The summed E-state index contributed by atoms with van der Waals surface area (Å²) in [6.45, 7) is 0. The number of fused-ring (bicyclic) bond motifs is 2. The van der Waals surface area contributed by atoms with Crippen LogP contribution in [0.4, 0.5) is 5.69 Å². The third kappa shape index (κ3) is 2.64. The van der Waals surface area contributed by atoms with E-state index in [2.05, 4.69) is 20.7 Å². The average molecular weight is 354 g/mol. The van der Waals surface area contributed by atoms with Crippen LogP contribution in [-0.2, 0) is 0 Å². The van der Waals surface area contributed by atoms with E-state index in [1.165, 1.54) is 0 Å². The number of aromatic amines is 1. The summed E-state index contributed by atoms with van der Waals surface area (Å²) in [5.74, 6) is 0.440. The van der Waals surface area contributed by atoms with Gasteiger partial charge in [0.1, 0.15) is 5.52 Å². The third-order valence-electron chi connectivity index (χ3n) is 4.50. The van der Waals surface area contributed by atoms with Gasteiger partial charge in [-0.15, -0.1) is 0 Å². The predicted octanol–water partition coefficient (Wildman–Crippen LogP) is 4.62. The minimum atomic E-state index is -0.209. The van der Waals surface area contributed by atoms with Crippen LogP contribution < -0.4 is 5.32 Å². The number of nitrogens with zero attached hydrogens (tertiary/aromatic N) is 2. The SMILES string of the molecule is O=C(Nc1cccc2cn[nH]c12)c1ccc2noc(-c3ccccc3)c2c1. The van der Waals surface area contributed by atoms with Crippen molar-refractivity contribution in [3.8, 4) is 11.3 Å². The molecule has 27 heavy (non-hydrogen) atoms. The first-order valence-corrected chi connectivity index (χ1v) is 8.48. The van der Waals surface area contributed by atoms with Gasteiger partial charge < -0.3 is 9.84 Å². The number of para-hydroxylation sites is 1. The Kier molecular flexibility index (Phi) is 3.47. The Morgan fingerprint density at radius 3 is 2.78 bits per heavy atom. The van der Waals surface area contributed by atoms with Gasteiger partial charge in [-0.1, -0.05) is 47.6 Å². The minimum absolute atomic E-state index is 0.209. The standard InChI is InChI=1S/C21H14N4O2/c26-21(23-18-8-4-7-15-12-22-24-19(15)18)14-9-10-17-16(11-14)20(27-25-17)13-5-2-1-3-6-13/h1-12H,(H,22,24)(H,23,26). The summed E-state index contributed by atoms with van der Waals surface area (Å²) < 4.78 is 5.51. The third-order valence-corrected chi connectivity index (χ3v) is 4.50. The van der Waals surface area contributed by atoms with Crippen LogP contribution in [0.2, 0.25) is 0 Å². The molecule has 0 aliphatic rings. The van der Waals surface area contributed by atoms with Crippen molar-refractivity contribution in [1.82, 2.24) is 15.4 Å². The van der Waals surface area contributed by atoms with Crippen molar-refractivity contribution in [2.75, 3.05) is 5.32 Å². The van der Waals surface area contributed by atoms with Crippen molar-refractivity contribution in [3.63, 3.8) is 0 Å². The van der Waals surface area contributed by atoms with Crippen LogP contribution in [0.15, 0.2) is 77.4 Å². The van der Waals surface area contributed by atoms with E-state index in [1.54, 1.807) is 24.4 Å². The number of anilines is 1. The van der Waals surface area contributed by atoms with Gasteiger partial charge in [0.25, 0.3) is 5.91 Å². The zero-order valence-electron chi connectivity index (χ0n) is 14.1. The molecule has 0 fully saturated rings.